The predicted octanol–water partition coefficient (Wildman–Crippen LogP) is 3.39. The molecule has 0 aliphatic heterocycles. The molecular weight excluding hydrogens is 321 g/mol. The Kier molecular flexibility index (Phi) is 4.27. The maximum absolute atomic E-state index is 12.2. The maximum Gasteiger partial charge on any atom is 0.279 e. The Morgan fingerprint density at radius 1 is 1.30 bits per heavy atom. The monoisotopic (exact) mass is 333 g/mol. The highest BCUT2D eigenvalue weighted by atomic mass is 35.5. The van der Waals surface area contributed by atoms with Gasteiger partial charge in [-0.3, -0.25) is 4.72 Å². The van der Waals surface area contributed by atoms with Crippen molar-refractivity contribution in [3.05, 3.63) is 39.8 Å². The quantitative estimate of drug-likeness (QED) is 0.900. The first-order chi connectivity index (χ1) is 9.33. The molecule has 8 heteroatoms. The molecule has 2 N–H and O–H groups in total. The average Bonchev–Trinajstić information content (AvgIpc) is 2.85. The van der Waals surface area contributed by atoms with Crippen molar-refractivity contribution in [1.82, 2.24) is 9.97 Å². The molecule has 2 aromatic rings. The van der Waals surface area contributed by atoms with E-state index in [2.05, 4.69) is 14.7 Å². The van der Waals surface area contributed by atoms with Crippen molar-refractivity contribution in [2.24, 2.45) is 0 Å². The van der Waals surface area contributed by atoms with Gasteiger partial charge in [0.1, 0.15) is 5.82 Å². The van der Waals surface area contributed by atoms with Crippen molar-refractivity contribution in [3.63, 3.8) is 0 Å². The summed E-state index contributed by atoms with van der Waals surface area (Å²) < 4.78 is 26.8. The number of anilines is 1. The van der Waals surface area contributed by atoms with E-state index >= 15 is 0 Å². The van der Waals surface area contributed by atoms with Gasteiger partial charge < -0.3 is 4.98 Å². The molecule has 5 nitrogen and oxygen atoms in total. The lowest BCUT2D eigenvalue weighted by atomic mass is 10.2. The number of benzene rings is 1. The Hall–Kier alpha value is -1.24. The molecule has 0 spiro atoms. The van der Waals surface area contributed by atoms with Crippen molar-refractivity contribution < 1.29 is 8.42 Å². The first-order valence-electron chi connectivity index (χ1n) is 5.86. The number of nitrogens with zero attached hydrogens (tertiary/aromatic N) is 1. The molecule has 0 saturated heterocycles. The second-order valence-corrected chi connectivity index (χ2v) is 6.70. The number of aromatic nitrogens is 2. The van der Waals surface area contributed by atoms with E-state index in [9.17, 15) is 8.42 Å². The zero-order valence-electron chi connectivity index (χ0n) is 10.9. The molecule has 108 valence electrons. The van der Waals surface area contributed by atoms with Crippen molar-refractivity contribution in [2.45, 2.75) is 25.3 Å². The van der Waals surface area contributed by atoms with Crippen LogP contribution in [0.25, 0.3) is 0 Å². The smallest absolute Gasteiger partial charge is 0.279 e. The Morgan fingerprint density at radius 2 is 2.00 bits per heavy atom. The number of nitrogens with one attached hydrogen (secondary N) is 2. The third-order valence-corrected chi connectivity index (χ3v) is 4.72. The van der Waals surface area contributed by atoms with Gasteiger partial charge in [-0.05, 0) is 24.6 Å². The number of aryl methyl sites for hydroxylation is 2. The minimum absolute atomic E-state index is 0.0119. The number of imidazole rings is 1. The first-order valence-corrected chi connectivity index (χ1v) is 8.09. The highest BCUT2D eigenvalue weighted by molar-refractivity contribution is 7.92. The molecule has 0 aliphatic rings. The fraction of sp³-hybridized carbons (Fsp3) is 0.250. The van der Waals surface area contributed by atoms with Gasteiger partial charge >= 0.3 is 0 Å². The molecule has 0 aliphatic carbocycles. The fourth-order valence-corrected chi connectivity index (χ4v) is 3.08. The summed E-state index contributed by atoms with van der Waals surface area (Å²) >= 11 is 12.0. The van der Waals surface area contributed by atoms with Crippen LogP contribution in [0.15, 0.2) is 23.4 Å². The zero-order valence-corrected chi connectivity index (χ0v) is 13.2. The standard InChI is InChI=1S/C12H13Cl2N3O2S/c1-3-11-15-6-12(16-11)20(18,19)17-10-5-8(13)7(2)4-9(10)14/h4-6,17H,3H2,1-2H3,(H,15,16). The summed E-state index contributed by atoms with van der Waals surface area (Å²) in [5.74, 6) is 0.596. The highest BCUT2D eigenvalue weighted by Gasteiger charge is 2.19. The minimum Gasteiger partial charge on any atom is -0.332 e. The van der Waals surface area contributed by atoms with Crippen molar-refractivity contribution in [3.8, 4) is 0 Å². The van der Waals surface area contributed by atoms with E-state index < -0.39 is 10.0 Å². The molecule has 1 aromatic carbocycles. The Bertz CT molecular complexity index is 741. The number of halogens is 2. The summed E-state index contributed by atoms with van der Waals surface area (Å²) in [5, 5.41) is 0.707. The van der Waals surface area contributed by atoms with E-state index in [0.29, 0.717) is 17.3 Å². The van der Waals surface area contributed by atoms with Crippen LogP contribution in [-0.2, 0) is 16.4 Å². The molecule has 0 radical (unpaired) electrons. The lowest BCUT2D eigenvalue weighted by Gasteiger charge is -2.10. The van der Waals surface area contributed by atoms with Crippen molar-refractivity contribution >= 4 is 38.9 Å². The third kappa shape index (κ3) is 3.08. The largest absolute Gasteiger partial charge is 0.332 e. The zero-order chi connectivity index (χ0) is 14.9. The summed E-state index contributed by atoms with van der Waals surface area (Å²) in [5.41, 5.74) is 1.00. The number of aromatic amines is 1. The predicted molar refractivity (Wildman–Crippen MR) is 80.0 cm³/mol. The van der Waals surface area contributed by atoms with Crippen LogP contribution in [0.4, 0.5) is 5.69 Å². The topological polar surface area (TPSA) is 74.8 Å². The molecule has 0 fully saturated rings. The summed E-state index contributed by atoms with van der Waals surface area (Å²) in [7, 11) is -3.77. The van der Waals surface area contributed by atoms with Gasteiger partial charge in [0.05, 0.1) is 16.9 Å². The van der Waals surface area contributed by atoms with Crippen LogP contribution in [0.3, 0.4) is 0 Å². The SMILES string of the molecule is CCc1ncc(S(=O)(=O)Nc2cc(Cl)c(C)cc2Cl)[nH]1. The molecule has 1 aromatic heterocycles. The van der Waals surface area contributed by atoms with E-state index in [1.54, 1.807) is 13.0 Å². The van der Waals surface area contributed by atoms with Gasteiger partial charge in [0.2, 0.25) is 0 Å². The molecule has 0 unspecified atom stereocenters. The van der Waals surface area contributed by atoms with E-state index in [0.717, 1.165) is 5.56 Å². The van der Waals surface area contributed by atoms with Gasteiger partial charge in [-0.1, -0.05) is 30.1 Å². The molecule has 0 saturated carbocycles. The average molecular weight is 334 g/mol. The van der Waals surface area contributed by atoms with Gasteiger partial charge in [0, 0.05) is 11.4 Å². The number of rotatable bonds is 4. The summed E-state index contributed by atoms with van der Waals surface area (Å²) in [4.78, 5) is 6.69. The van der Waals surface area contributed by atoms with Gasteiger partial charge in [0.15, 0.2) is 5.03 Å². The number of hydrogen-bond acceptors (Lipinski definition) is 3. The molecule has 0 bridgehead atoms. The molecule has 1 heterocycles. The number of H-pyrrole nitrogens is 1. The molecule has 0 amide bonds. The Labute approximate surface area is 127 Å². The number of hydrogen-bond donors (Lipinski definition) is 2. The molecule has 2 rings (SSSR count). The van der Waals surface area contributed by atoms with Gasteiger partial charge in [-0.2, -0.15) is 8.42 Å². The highest BCUT2D eigenvalue weighted by Crippen LogP contribution is 2.30. The summed E-state index contributed by atoms with van der Waals surface area (Å²) in [6.07, 6.45) is 1.89. The third-order valence-electron chi connectivity index (χ3n) is 2.72. The lowest BCUT2D eigenvalue weighted by molar-refractivity contribution is 0.598. The second kappa shape index (κ2) is 5.63. The van der Waals surface area contributed by atoms with Crippen LogP contribution in [0.2, 0.25) is 10.0 Å². The molecule has 0 atom stereocenters. The van der Waals surface area contributed by atoms with E-state index in [1.807, 2.05) is 6.92 Å². The van der Waals surface area contributed by atoms with Crippen LogP contribution in [0.5, 0.6) is 0 Å². The van der Waals surface area contributed by atoms with E-state index in [-0.39, 0.29) is 15.7 Å². The Balaban J connectivity index is 2.35. The van der Waals surface area contributed by atoms with E-state index in [4.69, 9.17) is 23.2 Å². The Morgan fingerprint density at radius 3 is 2.60 bits per heavy atom. The molecular formula is C12H13Cl2N3O2S. The fourth-order valence-electron chi connectivity index (χ4n) is 1.58. The maximum atomic E-state index is 12.2. The normalized spacial score (nSPS) is 11.6. The second-order valence-electron chi connectivity index (χ2n) is 4.23. The molecule has 20 heavy (non-hydrogen) atoms. The van der Waals surface area contributed by atoms with Crippen LogP contribution >= 0.6 is 23.2 Å². The van der Waals surface area contributed by atoms with Crippen LogP contribution in [-0.4, -0.2) is 18.4 Å². The summed E-state index contributed by atoms with van der Waals surface area (Å²) in [6, 6.07) is 3.08. The minimum atomic E-state index is -3.77. The van der Waals surface area contributed by atoms with Crippen molar-refractivity contribution in [2.75, 3.05) is 4.72 Å². The van der Waals surface area contributed by atoms with E-state index in [1.165, 1.54) is 12.3 Å². The van der Waals surface area contributed by atoms with Crippen LogP contribution < -0.4 is 4.72 Å². The van der Waals surface area contributed by atoms with Gasteiger partial charge in [-0.25, -0.2) is 4.98 Å². The van der Waals surface area contributed by atoms with Crippen molar-refractivity contribution in [1.29, 1.82) is 0 Å². The van der Waals surface area contributed by atoms with Gasteiger partial charge in [0.25, 0.3) is 10.0 Å². The lowest BCUT2D eigenvalue weighted by Crippen LogP contribution is -2.14. The van der Waals surface area contributed by atoms with Crippen LogP contribution in [0.1, 0.15) is 18.3 Å². The number of sulfonamides is 1. The van der Waals surface area contributed by atoms with Crippen LogP contribution in [0, 0.1) is 6.92 Å². The summed E-state index contributed by atoms with van der Waals surface area (Å²) in [6.45, 7) is 3.66. The first kappa shape index (κ1) is 15.2. The van der Waals surface area contributed by atoms with Gasteiger partial charge in [-0.15, -0.1) is 0 Å².